The van der Waals surface area contributed by atoms with E-state index in [1.807, 2.05) is 13.8 Å². The van der Waals surface area contributed by atoms with Crippen LogP contribution in [0.3, 0.4) is 0 Å². The lowest BCUT2D eigenvalue weighted by Crippen LogP contribution is -2.56. The van der Waals surface area contributed by atoms with Crippen LogP contribution in [-0.2, 0) is 9.53 Å². The second kappa shape index (κ2) is 6.50. The Morgan fingerprint density at radius 2 is 1.89 bits per heavy atom. The van der Waals surface area contributed by atoms with Gasteiger partial charge in [0.2, 0.25) is 12.3 Å². The van der Waals surface area contributed by atoms with Gasteiger partial charge in [-0.25, -0.2) is 0 Å². The minimum absolute atomic E-state index is 0.0644. The summed E-state index contributed by atoms with van der Waals surface area (Å²) in [5.41, 5.74) is -0.0933. The summed E-state index contributed by atoms with van der Waals surface area (Å²) in [6.45, 7) is 5.97. The first-order valence-electron chi connectivity index (χ1n) is 6.67. The van der Waals surface area contributed by atoms with Crippen molar-refractivity contribution in [2.45, 2.75) is 64.4 Å². The molecule has 0 radical (unpaired) electrons. The fourth-order valence-electron chi connectivity index (χ4n) is 2.45. The maximum atomic E-state index is 12.3. The van der Waals surface area contributed by atoms with Crippen molar-refractivity contribution >= 4 is 5.91 Å². The third kappa shape index (κ3) is 4.23. The smallest absolute Gasteiger partial charge is 0.237 e. The quantitative estimate of drug-likeness (QED) is 0.621. The molecule has 1 saturated carbocycles. The Hall–Kier alpha value is -0.650. The minimum Gasteiger partial charge on any atom is -0.356 e. The Bertz CT molecular complexity index is 275. The summed E-state index contributed by atoms with van der Waals surface area (Å²) in [6.07, 6.45) is 3.26. The van der Waals surface area contributed by atoms with Crippen molar-refractivity contribution in [3.8, 4) is 0 Å². The van der Waals surface area contributed by atoms with Crippen molar-refractivity contribution < 1.29 is 14.6 Å². The molecule has 1 unspecified atom stereocenters. The number of aliphatic hydroxyl groups excluding tert-OH is 1. The lowest BCUT2D eigenvalue weighted by molar-refractivity contribution is -0.136. The third-order valence-electron chi connectivity index (χ3n) is 3.63. The highest BCUT2D eigenvalue weighted by atomic mass is 16.6. The summed E-state index contributed by atoms with van der Waals surface area (Å²) >= 11 is 0. The molecule has 0 saturated heterocycles. The highest BCUT2D eigenvalue weighted by Crippen LogP contribution is 2.29. The summed E-state index contributed by atoms with van der Waals surface area (Å²) < 4.78 is 4.74. The number of nitrogens with one attached hydrogen (secondary N) is 2. The normalized spacial score (nSPS) is 21.9. The molecule has 1 aliphatic carbocycles. The lowest BCUT2D eigenvalue weighted by Gasteiger charge is -2.30. The maximum absolute atomic E-state index is 12.3. The van der Waals surface area contributed by atoms with Crippen LogP contribution in [0.15, 0.2) is 0 Å². The fourth-order valence-corrected chi connectivity index (χ4v) is 2.45. The first-order valence-corrected chi connectivity index (χ1v) is 6.67. The minimum atomic E-state index is -1.11. The van der Waals surface area contributed by atoms with Crippen LogP contribution in [0.1, 0.15) is 46.5 Å². The summed E-state index contributed by atoms with van der Waals surface area (Å²) in [5, 5.41) is 15.3. The molecule has 1 rings (SSSR count). The molecule has 0 aliphatic heterocycles. The van der Waals surface area contributed by atoms with Crippen molar-refractivity contribution in [1.82, 2.24) is 10.6 Å². The molecule has 5 heteroatoms. The molecule has 0 aromatic carbocycles. The van der Waals surface area contributed by atoms with Gasteiger partial charge >= 0.3 is 0 Å². The molecule has 1 amide bonds. The van der Waals surface area contributed by atoms with Crippen molar-refractivity contribution in [1.29, 1.82) is 0 Å². The molecule has 1 aliphatic rings. The van der Waals surface area contributed by atoms with Gasteiger partial charge in [0.05, 0.1) is 6.04 Å². The second-order valence-corrected chi connectivity index (χ2v) is 5.73. The van der Waals surface area contributed by atoms with Crippen molar-refractivity contribution in [3.05, 3.63) is 0 Å². The van der Waals surface area contributed by atoms with E-state index >= 15 is 0 Å². The molecule has 0 heterocycles. The summed E-state index contributed by atoms with van der Waals surface area (Å²) in [4.78, 5) is 12.3. The molecule has 0 aromatic heterocycles. The zero-order chi connectivity index (χ0) is 13.8. The van der Waals surface area contributed by atoms with Gasteiger partial charge in [-0.15, -0.1) is 0 Å². The maximum Gasteiger partial charge on any atom is 0.237 e. The van der Waals surface area contributed by atoms with E-state index in [9.17, 15) is 9.90 Å². The van der Waals surface area contributed by atoms with E-state index in [1.165, 1.54) is 7.11 Å². The van der Waals surface area contributed by atoms with E-state index in [4.69, 9.17) is 4.74 Å². The molecular weight excluding hydrogens is 232 g/mol. The van der Waals surface area contributed by atoms with Gasteiger partial charge in [-0.3, -0.25) is 10.1 Å². The van der Waals surface area contributed by atoms with Crippen LogP contribution in [0.25, 0.3) is 0 Å². The number of methoxy groups -OCH3 is 1. The van der Waals surface area contributed by atoms with E-state index in [-0.39, 0.29) is 17.4 Å². The summed E-state index contributed by atoms with van der Waals surface area (Å²) in [6, 6.07) is -0.447. The topological polar surface area (TPSA) is 70.6 Å². The Morgan fingerprint density at radius 1 is 1.33 bits per heavy atom. The second-order valence-electron chi connectivity index (χ2n) is 5.73. The van der Waals surface area contributed by atoms with Crippen molar-refractivity contribution in [2.75, 3.05) is 7.11 Å². The number of rotatable bonds is 6. The van der Waals surface area contributed by atoms with E-state index in [0.29, 0.717) is 0 Å². The largest absolute Gasteiger partial charge is 0.356 e. The molecule has 0 spiro atoms. The zero-order valence-corrected chi connectivity index (χ0v) is 11.8. The lowest BCUT2D eigenvalue weighted by atomic mass is 9.97. The SMILES string of the molecule is COC(O)N[C@@H](C(=O)NC1(C)CCCC1)C(C)C. The summed E-state index contributed by atoms with van der Waals surface area (Å²) in [7, 11) is 1.39. The number of ether oxygens (including phenoxy) is 1. The fraction of sp³-hybridized carbons (Fsp3) is 0.923. The van der Waals surface area contributed by atoms with Gasteiger partial charge in [-0.1, -0.05) is 26.7 Å². The van der Waals surface area contributed by atoms with Gasteiger partial charge in [-0.2, -0.15) is 0 Å². The Kier molecular flexibility index (Phi) is 5.56. The standard InChI is InChI=1S/C13H26N2O3/c1-9(2)10(14-12(17)18-4)11(16)15-13(3)7-5-6-8-13/h9-10,12,14,17H,5-8H2,1-4H3,(H,15,16)/t10-,12?/m1/s1. The average Bonchev–Trinajstić information content (AvgIpc) is 2.71. The number of carbonyl (C=O) groups excluding carboxylic acids is 1. The highest BCUT2D eigenvalue weighted by molar-refractivity contribution is 5.82. The average molecular weight is 258 g/mol. The monoisotopic (exact) mass is 258 g/mol. The number of hydrogen-bond donors (Lipinski definition) is 3. The zero-order valence-electron chi connectivity index (χ0n) is 11.8. The predicted molar refractivity (Wildman–Crippen MR) is 69.8 cm³/mol. The molecule has 5 nitrogen and oxygen atoms in total. The van der Waals surface area contributed by atoms with Gasteiger partial charge in [0.15, 0.2) is 0 Å². The first kappa shape index (κ1) is 15.4. The summed E-state index contributed by atoms with van der Waals surface area (Å²) in [5.74, 6) is 0.0188. The van der Waals surface area contributed by atoms with Crippen molar-refractivity contribution in [3.63, 3.8) is 0 Å². The van der Waals surface area contributed by atoms with Crippen LogP contribution in [0, 0.1) is 5.92 Å². The van der Waals surface area contributed by atoms with Crippen LogP contribution in [0.4, 0.5) is 0 Å². The highest BCUT2D eigenvalue weighted by Gasteiger charge is 2.33. The molecule has 0 bridgehead atoms. The van der Waals surface area contributed by atoms with E-state index in [2.05, 4.69) is 17.6 Å². The van der Waals surface area contributed by atoms with Crippen LogP contribution in [0.2, 0.25) is 0 Å². The molecule has 106 valence electrons. The van der Waals surface area contributed by atoms with Crippen LogP contribution >= 0.6 is 0 Å². The van der Waals surface area contributed by atoms with Crippen molar-refractivity contribution in [2.24, 2.45) is 5.92 Å². The molecule has 2 atom stereocenters. The molecular formula is C13H26N2O3. The van der Waals surface area contributed by atoms with E-state index in [1.54, 1.807) is 0 Å². The van der Waals surface area contributed by atoms with Gasteiger partial charge < -0.3 is 15.2 Å². The first-order chi connectivity index (χ1) is 8.38. The Morgan fingerprint density at radius 3 is 2.33 bits per heavy atom. The molecule has 3 N–H and O–H groups in total. The molecule has 0 aromatic rings. The van der Waals surface area contributed by atoms with Gasteiger partial charge in [0, 0.05) is 12.6 Å². The van der Waals surface area contributed by atoms with E-state index < -0.39 is 12.5 Å². The molecule has 18 heavy (non-hydrogen) atoms. The Balaban J connectivity index is 2.59. The van der Waals surface area contributed by atoms with Gasteiger partial charge in [-0.05, 0) is 25.7 Å². The van der Waals surface area contributed by atoms with Crippen LogP contribution in [0.5, 0.6) is 0 Å². The predicted octanol–water partition coefficient (Wildman–Crippen LogP) is 0.972. The van der Waals surface area contributed by atoms with E-state index in [0.717, 1.165) is 25.7 Å². The van der Waals surface area contributed by atoms with Crippen LogP contribution in [-0.4, -0.2) is 36.1 Å². The number of aliphatic hydroxyl groups is 1. The number of amides is 1. The third-order valence-corrected chi connectivity index (χ3v) is 3.63. The number of hydrogen-bond acceptors (Lipinski definition) is 4. The Labute approximate surface area is 109 Å². The van der Waals surface area contributed by atoms with Gasteiger partial charge in [0.25, 0.3) is 0 Å². The molecule has 1 fully saturated rings. The van der Waals surface area contributed by atoms with Gasteiger partial charge in [0.1, 0.15) is 0 Å². The van der Waals surface area contributed by atoms with Crippen LogP contribution < -0.4 is 10.6 Å². The number of carbonyl (C=O) groups is 1.